The van der Waals surface area contributed by atoms with Crippen molar-refractivity contribution in [3.63, 3.8) is 0 Å². The molecule has 3 aromatic rings. The Kier molecular flexibility index (Phi) is 4.05. The molecule has 0 aliphatic carbocycles. The Balaban J connectivity index is 1.66. The van der Waals surface area contributed by atoms with E-state index in [4.69, 9.17) is 11.6 Å². The Labute approximate surface area is 133 Å². The normalized spacial score (nSPS) is 10.7. The molecule has 0 radical (unpaired) electrons. The second-order valence-electron chi connectivity index (χ2n) is 4.05. The summed E-state index contributed by atoms with van der Waals surface area (Å²) >= 11 is 11.0. The van der Waals surface area contributed by atoms with Crippen LogP contribution in [0.15, 0.2) is 47.2 Å². The van der Waals surface area contributed by atoms with E-state index in [1.807, 2.05) is 30.3 Å². The van der Waals surface area contributed by atoms with Gasteiger partial charge >= 0.3 is 0 Å². The van der Waals surface area contributed by atoms with Gasteiger partial charge in [0, 0.05) is 21.6 Å². The highest BCUT2D eigenvalue weighted by Crippen LogP contribution is 2.32. The molecule has 1 aromatic carbocycles. The number of aromatic nitrogens is 3. The van der Waals surface area contributed by atoms with Crippen LogP contribution < -0.4 is 5.32 Å². The predicted octanol–water partition coefficient (Wildman–Crippen LogP) is 4.36. The maximum Gasteiger partial charge on any atom is 0.107 e. The van der Waals surface area contributed by atoms with Gasteiger partial charge in [-0.05, 0) is 46.3 Å². The summed E-state index contributed by atoms with van der Waals surface area (Å²) in [7, 11) is 0. The van der Waals surface area contributed by atoms with Crippen LogP contribution in [0.1, 0.15) is 4.88 Å². The number of rotatable bonds is 4. The first-order valence-corrected chi connectivity index (χ1v) is 7.85. The van der Waals surface area contributed by atoms with Crippen molar-refractivity contribution in [2.75, 3.05) is 5.32 Å². The summed E-state index contributed by atoms with van der Waals surface area (Å²) < 4.78 is 1.72. The van der Waals surface area contributed by atoms with Crippen LogP contribution in [-0.4, -0.2) is 15.0 Å². The molecule has 2 heterocycles. The fourth-order valence-electron chi connectivity index (χ4n) is 1.73. The molecule has 0 bridgehead atoms. The van der Waals surface area contributed by atoms with Crippen LogP contribution in [0.5, 0.6) is 0 Å². The van der Waals surface area contributed by atoms with Crippen LogP contribution in [0.3, 0.4) is 0 Å². The lowest BCUT2D eigenvalue weighted by Gasteiger charge is -2.06. The number of hydrogen-bond donors (Lipinski definition) is 1. The number of nitrogens with one attached hydrogen (secondary N) is 1. The zero-order valence-corrected chi connectivity index (χ0v) is 13.4. The Hall–Kier alpha value is -1.37. The molecule has 3 rings (SSSR count). The van der Waals surface area contributed by atoms with Crippen LogP contribution in [-0.2, 0) is 6.54 Å². The van der Waals surface area contributed by atoms with Gasteiger partial charge in [0.1, 0.15) is 4.34 Å². The minimum absolute atomic E-state index is 0.745. The van der Waals surface area contributed by atoms with E-state index in [0.717, 1.165) is 26.7 Å². The second kappa shape index (κ2) is 5.95. The van der Waals surface area contributed by atoms with Gasteiger partial charge in [0.25, 0.3) is 0 Å². The summed E-state index contributed by atoms with van der Waals surface area (Å²) in [6.45, 7) is 0.745. The first-order valence-electron chi connectivity index (χ1n) is 5.87. The van der Waals surface area contributed by atoms with Crippen molar-refractivity contribution < 1.29 is 0 Å². The fourth-order valence-corrected chi connectivity index (χ4v) is 3.46. The predicted molar refractivity (Wildman–Crippen MR) is 85.7 cm³/mol. The van der Waals surface area contributed by atoms with Crippen molar-refractivity contribution in [2.24, 2.45) is 0 Å². The van der Waals surface area contributed by atoms with Crippen LogP contribution in [0.25, 0.3) is 5.69 Å². The summed E-state index contributed by atoms with van der Waals surface area (Å²) in [4.78, 5) is 2.76. The molecule has 0 fully saturated rings. The number of halogens is 2. The fraction of sp³-hybridized carbons (Fsp3) is 0.0769. The summed E-state index contributed by atoms with van der Waals surface area (Å²) in [6, 6.07) is 9.98. The van der Waals surface area contributed by atoms with E-state index >= 15 is 0 Å². The molecule has 20 heavy (non-hydrogen) atoms. The molecule has 4 nitrogen and oxygen atoms in total. The largest absolute Gasteiger partial charge is 0.380 e. The molecule has 0 unspecified atom stereocenters. The maximum atomic E-state index is 6.02. The van der Waals surface area contributed by atoms with Gasteiger partial charge < -0.3 is 5.32 Å². The Morgan fingerprint density at radius 1 is 1.20 bits per heavy atom. The monoisotopic (exact) mass is 368 g/mol. The maximum absolute atomic E-state index is 6.02. The van der Waals surface area contributed by atoms with E-state index in [1.165, 1.54) is 4.88 Å². The van der Waals surface area contributed by atoms with Gasteiger partial charge in [-0.15, -0.1) is 11.3 Å². The van der Waals surface area contributed by atoms with Crippen LogP contribution in [0, 0.1) is 0 Å². The smallest absolute Gasteiger partial charge is 0.107 e. The number of hydrogen-bond acceptors (Lipinski definition) is 4. The van der Waals surface area contributed by atoms with Gasteiger partial charge in [-0.2, -0.15) is 15.0 Å². The molecule has 0 spiro atoms. The van der Waals surface area contributed by atoms with E-state index < -0.39 is 0 Å². The molecule has 0 amide bonds. The first-order chi connectivity index (χ1) is 9.72. The van der Waals surface area contributed by atoms with E-state index in [0.29, 0.717) is 0 Å². The van der Waals surface area contributed by atoms with Gasteiger partial charge in [-0.3, -0.25) is 0 Å². The minimum Gasteiger partial charge on any atom is -0.380 e. The Bertz CT molecular complexity index is 674. The highest BCUT2D eigenvalue weighted by molar-refractivity contribution is 9.10. The quantitative estimate of drug-likeness (QED) is 0.743. The van der Waals surface area contributed by atoms with Crippen molar-refractivity contribution in [3.05, 3.63) is 56.4 Å². The highest BCUT2D eigenvalue weighted by atomic mass is 79.9. The van der Waals surface area contributed by atoms with E-state index in [9.17, 15) is 0 Å². The highest BCUT2D eigenvalue weighted by Gasteiger charge is 2.04. The summed E-state index contributed by atoms with van der Waals surface area (Å²) in [5, 5.41) is 11.5. The molecule has 0 saturated heterocycles. The zero-order chi connectivity index (χ0) is 13.9. The van der Waals surface area contributed by atoms with Crippen molar-refractivity contribution in [1.29, 1.82) is 0 Å². The Morgan fingerprint density at radius 2 is 1.90 bits per heavy atom. The third kappa shape index (κ3) is 3.03. The van der Waals surface area contributed by atoms with Gasteiger partial charge in [0.05, 0.1) is 18.1 Å². The lowest BCUT2D eigenvalue weighted by atomic mass is 10.3. The van der Waals surface area contributed by atoms with Crippen molar-refractivity contribution >= 4 is 44.6 Å². The number of nitrogens with zero attached hydrogens (tertiary/aromatic N) is 3. The SMILES string of the molecule is Clc1sc(CNc2ccc(-n3nccn3)cc2)cc1Br. The second-order valence-corrected chi connectivity index (χ2v) is 6.65. The standard InChI is InChI=1S/C13H10BrClN4S/c14-12-7-11(20-13(12)15)8-16-9-1-3-10(4-2-9)19-17-5-6-18-19/h1-7,16H,8H2. The third-order valence-corrected chi connectivity index (χ3v) is 5.15. The molecule has 0 aliphatic heterocycles. The molecule has 0 saturated carbocycles. The Morgan fingerprint density at radius 3 is 2.50 bits per heavy atom. The number of benzene rings is 1. The minimum atomic E-state index is 0.745. The summed E-state index contributed by atoms with van der Waals surface area (Å²) in [6.07, 6.45) is 3.31. The lowest BCUT2D eigenvalue weighted by Crippen LogP contribution is -2.00. The molecule has 102 valence electrons. The average molecular weight is 370 g/mol. The van der Waals surface area contributed by atoms with Crippen LogP contribution >= 0.6 is 38.9 Å². The van der Waals surface area contributed by atoms with Gasteiger partial charge in [-0.1, -0.05) is 11.6 Å². The molecule has 1 N–H and O–H groups in total. The van der Waals surface area contributed by atoms with Crippen LogP contribution in [0.4, 0.5) is 5.69 Å². The third-order valence-electron chi connectivity index (χ3n) is 2.68. The molecular formula is C13H10BrClN4S. The first kappa shape index (κ1) is 13.6. The molecular weight excluding hydrogens is 360 g/mol. The zero-order valence-electron chi connectivity index (χ0n) is 10.3. The molecule has 0 aliphatic rings. The van der Waals surface area contributed by atoms with Crippen molar-refractivity contribution in [2.45, 2.75) is 6.54 Å². The number of anilines is 1. The molecule has 2 aromatic heterocycles. The number of thiophene rings is 1. The van der Waals surface area contributed by atoms with E-state index in [2.05, 4.69) is 31.4 Å². The topological polar surface area (TPSA) is 42.7 Å². The molecule has 7 heteroatoms. The van der Waals surface area contributed by atoms with Gasteiger partial charge in [-0.25, -0.2) is 0 Å². The molecule has 0 atom stereocenters. The van der Waals surface area contributed by atoms with Crippen molar-refractivity contribution in [3.8, 4) is 5.69 Å². The van der Waals surface area contributed by atoms with E-state index in [-0.39, 0.29) is 0 Å². The van der Waals surface area contributed by atoms with Gasteiger partial charge in [0.15, 0.2) is 0 Å². The van der Waals surface area contributed by atoms with Crippen LogP contribution in [0.2, 0.25) is 4.34 Å². The van der Waals surface area contributed by atoms with Crippen molar-refractivity contribution in [1.82, 2.24) is 15.0 Å². The summed E-state index contributed by atoms with van der Waals surface area (Å²) in [5.74, 6) is 0. The van der Waals surface area contributed by atoms with Gasteiger partial charge in [0.2, 0.25) is 0 Å². The average Bonchev–Trinajstić information content (AvgIpc) is 3.08. The van der Waals surface area contributed by atoms with E-state index in [1.54, 1.807) is 28.5 Å². The lowest BCUT2D eigenvalue weighted by molar-refractivity contribution is 0.752. The summed E-state index contributed by atoms with van der Waals surface area (Å²) in [5.41, 5.74) is 1.98.